The molecule has 1 aliphatic rings. The SMILES string of the molecule is CC1CN(C)CCN1CCCn1ccc(N)n1. The molecule has 5 nitrogen and oxygen atoms in total. The molecule has 2 N–H and O–H groups in total. The van der Waals surface area contributed by atoms with Crippen LogP contribution in [0.15, 0.2) is 12.3 Å². The maximum absolute atomic E-state index is 5.58. The lowest BCUT2D eigenvalue weighted by Gasteiger charge is -2.38. The van der Waals surface area contributed by atoms with Gasteiger partial charge in [-0.2, -0.15) is 5.10 Å². The highest BCUT2D eigenvalue weighted by Gasteiger charge is 2.20. The highest BCUT2D eigenvalue weighted by atomic mass is 15.3. The zero-order valence-corrected chi connectivity index (χ0v) is 10.8. The molecule has 0 aliphatic carbocycles. The monoisotopic (exact) mass is 237 g/mol. The second-order valence-corrected chi connectivity index (χ2v) is 5.00. The Labute approximate surface area is 103 Å². The Morgan fingerprint density at radius 1 is 1.41 bits per heavy atom. The molecule has 0 spiro atoms. The van der Waals surface area contributed by atoms with E-state index in [9.17, 15) is 0 Å². The number of aryl methyl sites for hydroxylation is 1. The Bertz CT molecular complexity index is 348. The van der Waals surface area contributed by atoms with E-state index in [2.05, 4.69) is 28.9 Å². The highest BCUT2D eigenvalue weighted by molar-refractivity contribution is 5.23. The molecular formula is C12H23N5. The van der Waals surface area contributed by atoms with E-state index in [4.69, 9.17) is 5.73 Å². The number of nitrogen functional groups attached to an aromatic ring is 1. The molecule has 0 bridgehead atoms. The van der Waals surface area contributed by atoms with Gasteiger partial charge in [0.1, 0.15) is 5.82 Å². The van der Waals surface area contributed by atoms with E-state index in [1.807, 2.05) is 16.9 Å². The summed E-state index contributed by atoms with van der Waals surface area (Å²) in [6, 6.07) is 2.51. The van der Waals surface area contributed by atoms with E-state index in [0.717, 1.165) is 19.5 Å². The van der Waals surface area contributed by atoms with Crippen molar-refractivity contribution in [3.05, 3.63) is 12.3 Å². The molecule has 1 aromatic heterocycles. The number of nitrogens with zero attached hydrogens (tertiary/aromatic N) is 4. The number of hydrogen-bond acceptors (Lipinski definition) is 4. The van der Waals surface area contributed by atoms with Gasteiger partial charge in [-0.15, -0.1) is 0 Å². The maximum Gasteiger partial charge on any atom is 0.145 e. The van der Waals surface area contributed by atoms with E-state index in [1.54, 1.807) is 0 Å². The molecule has 1 saturated heterocycles. The quantitative estimate of drug-likeness (QED) is 0.828. The molecule has 0 saturated carbocycles. The van der Waals surface area contributed by atoms with Crippen molar-refractivity contribution >= 4 is 5.82 Å². The molecule has 1 atom stereocenters. The first-order valence-corrected chi connectivity index (χ1v) is 6.36. The summed E-state index contributed by atoms with van der Waals surface area (Å²) in [4.78, 5) is 4.96. The van der Waals surface area contributed by atoms with Crippen LogP contribution in [-0.2, 0) is 6.54 Å². The third kappa shape index (κ3) is 3.44. The largest absolute Gasteiger partial charge is 0.382 e. The molecule has 2 rings (SSSR count). The molecule has 1 aliphatic heterocycles. The van der Waals surface area contributed by atoms with Gasteiger partial charge in [-0.25, -0.2) is 0 Å². The first-order chi connectivity index (χ1) is 8.15. The van der Waals surface area contributed by atoms with Crippen molar-refractivity contribution < 1.29 is 0 Å². The number of rotatable bonds is 4. The van der Waals surface area contributed by atoms with E-state index in [0.29, 0.717) is 11.9 Å². The van der Waals surface area contributed by atoms with E-state index >= 15 is 0 Å². The lowest BCUT2D eigenvalue weighted by Crippen LogP contribution is -2.50. The lowest BCUT2D eigenvalue weighted by atomic mass is 10.2. The number of likely N-dealkylation sites (N-methyl/N-ethyl adjacent to an activating group) is 1. The van der Waals surface area contributed by atoms with E-state index < -0.39 is 0 Å². The summed E-state index contributed by atoms with van der Waals surface area (Å²) in [6.07, 6.45) is 3.08. The van der Waals surface area contributed by atoms with Crippen LogP contribution < -0.4 is 5.73 Å². The van der Waals surface area contributed by atoms with Crippen molar-refractivity contribution in [1.82, 2.24) is 19.6 Å². The number of hydrogen-bond donors (Lipinski definition) is 1. The number of anilines is 1. The van der Waals surface area contributed by atoms with Crippen molar-refractivity contribution in [3.8, 4) is 0 Å². The van der Waals surface area contributed by atoms with Crippen LogP contribution in [0.4, 0.5) is 5.82 Å². The van der Waals surface area contributed by atoms with Gasteiger partial charge in [0.05, 0.1) is 0 Å². The summed E-state index contributed by atoms with van der Waals surface area (Å²) in [5.74, 6) is 0.609. The second kappa shape index (κ2) is 5.51. The standard InChI is InChI=1S/C12H23N5/c1-11-10-15(2)8-9-16(11)5-3-6-17-7-4-12(13)14-17/h4,7,11H,3,5-6,8-10H2,1-2H3,(H2,13,14). The first-order valence-electron chi connectivity index (χ1n) is 6.36. The Morgan fingerprint density at radius 2 is 2.24 bits per heavy atom. The van der Waals surface area contributed by atoms with Gasteiger partial charge in [0.15, 0.2) is 0 Å². The molecule has 1 fully saturated rings. The van der Waals surface area contributed by atoms with Crippen LogP contribution in [0.2, 0.25) is 0 Å². The molecule has 1 unspecified atom stereocenters. The van der Waals surface area contributed by atoms with Crippen LogP contribution in [0, 0.1) is 0 Å². The van der Waals surface area contributed by atoms with Gasteiger partial charge in [-0.1, -0.05) is 0 Å². The molecule has 96 valence electrons. The van der Waals surface area contributed by atoms with Crippen LogP contribution in [0.5, 0.6) is 0 Å². The van der Waals surface area contributed by atoms with Gasteiger partial charge < -0.3 is 10.6 Å². The van der Waals surface area contributed by atoms with Gasteiger partial charge >= 0.3 is 0 Å². The minimum atomic E-state index is 0.609. The Kier molecular flexibility index (Phi) is 4.02. The zero-order chi connectivity index (χ0) is 12.3. The smallest absolute Gasteiger partial charge is 0.145 e. The third-order valence-corrected chi connectivity index (χ3v) is 3.46. The average Bonchev–Trinajstić information content (AvgIpc) is 2.68. The summed E-state index contributed by atoms with van der Waals surface area (Å²) in [7, 11) is 2.19. The summed E-state index contributed by atoms with van der Waals surface area (Å²) in [5.41, 5.74) is 5.58. The van der Waals surface area contributed by atoms with Gasteiger partial charge in [-0.05, 0) is 26.5 Å². The average molecular weight is 237 g/mol. The molecule has 5 heteroatoms. The Balaban J connectivity index is 1.71. The fourth-order valence-electron chi connectivity index (χ4n) is 2.45. The topological polar surface area (TPSA) is 50.3 Å². The first kappa shape index (κ1) is 12.4. The van der Waals surface area contributed by atoms with Crippen LogP contribution >= 0.6 is 0 Å². The predicted molar refractivity (Wildman–Crippen MR) is 69.8 cm³/mol. The Morgan fingerprint density at radius 3 is 2.88 bits per heavy atom. The summed E-state index contributed by atoms with van der Waals surface area (Å²) < 4.78 is 1.93. The van der Waals surface area contributed by atoms with Crippen LogP contribution in [0.3, 0.4) is 0 Å². The maximum atomic E-state index is 5.58. The Hall–Kier alpha value is -1.07. The molecule has 0 aromatic carbocycles. The second-order valence-electron chi connectivity index (χ2n) is 5.00. The molecule has 0 amide bonds. The number of aromatic nitrogens is 2. The van der Waals surface area contributed by atoms with Crippen LogP contribution in [-0.4, -0.2) is 58.8 Å². The predicted octanol–water partition coefficient (Wildman–Crippen LogP) is 0.491. The highest BCUT2D eigenvalue weighted by Crippen LogP contribution is 2.08. The summed E-state index contributed by atoms with van der Waals surface area (Å²) in [6.45, 7) is 7.94. The fraction of sp³-hybridized carbons (Fsp3) is 0.750. The van der Waals surface area contributed by atoms with Crippen molar-refractivity contribution in [2.75, 3.05) is 39.0 Å². The summed E-state index contributed by atoms with van der Waals surface area (Å²) >= 11 is 0. The van der Waals surface area contributed by atoms with Crippen molar-refractivity contribution in [3.63, 3.8) is 0 Å². The van der Waals surface area contributed by atoms with Crippen LogP contribution in [0.1, 0.15) is 13.3 Å². The molecule has 0 radical (unpaired) electrons. The normalized spacial score (nSPS) is 23.1. The van der Waals surface area contributed by atoms with Gasteiger partial charge in [0.25, 0.3) is 0 Å². The fourth-order valence-corrected chi connectivity index (χ4v) is 2.45. The molecular weight excluding hydrogens is 214 g/mol. The van der Waals surface area contributed by atoms with E-state index in [1.165, 1.54) is 19.6 Å². The molecule has 1 aromatic rings. The summed E-state index contributed by atoms with van der Waals surface area (Å²) in [5, 5.41) is 4.19. The third-order valence-electron chi connectivity index (χ3n) is 3.46. The van der Waals surface area contributed by atoms with Crippen molar-refractivity contribution in [1.29, 1.82) is 0 Å². The van der Waals surface area contributed by atoms with E-state index in [-0.39, 0.29) is 0 Å². The van der Waals surface area contributed by atoms with Gasteiger partial charge in [-0.3, -0.25) is 9.58 Å². The molecule has 17 heavy (non-hydrogen) atoms. The zero-order valence-electron chi connectivity index (χ0n) is 10.8. The minimum Gasteiger partial charge on any atom is -0.382 e. The van der Waals surface area contributed by atoms with Crippen LogP contribution in [0.25, 0.3) is 0 Å². The van der Waals surface area contributed by atoms with Gasteiger partial charge in [0.2, 0.25) is 0 Å². The minimum absolute atomic E-state index is 0.609. The van der Waals surface area contributed by atoms with Gasteiger partial charge in [0, 0.05) is 45.0 Å². The molecule has 2 heterocycles. The number of nitrogens with two attached hydrogens (primary N) is 1. The van der Waals surface area contributed by atoms with Crippen molar-refractivity contribution in [2.45, 2.75) is 25.9 Å². The lowest BCUT2D eigenvalue weighted by molar-refractivity contribution is 0.0977. The number of piperazine rings is 1. The van der Waals surface area contributed by atoms with Crippen molar-refractivity contribution in [2.24, 2.45) is 0 Å².